The van der Waals surface area contributed by atoms with Crippen LogP contribution in [0.5, 0.6) is 0 Å². The molecule has 0 bridgehead atoms. The zero-order valence-electron chi connectivity index (χ0n) is 10.6. The molecule has 0 atom stereocenters. The summed E-state index contributed by atoms with van der Waals surface area (Å²) in [5.74, 6) is 1.37. The number of thioether (sulfide) groups is 1. The number of aromatic nitrogens is 3. The first-order valence-corrected chi connectivity index (χ1v) is 6.98. The van der Waals surface area contributed by atoms with Gasteiger partial charge in [0.05, 0.1) is 6.20 Å². The van der Waals surface area contributed by atoms with Crippen LogP contribution < -0.4 is 5.73 Å². The zero-order chi connectivity index (χ0) is 13.2. The van der Waals surface area contributed by atoms with Gasteiger partial charge in [-0.25, -0.2) is 9.97 Å². The first-order valence-electron chi connectivity index (χ1n) is 6.00. The summed E-state index contributed by atoms with van der Waals surface area (Å²) in [6, 6.07) is 8.47. The Hall–Kier alpha value is -2.01. The first-order chi connectivity index (χ1) is 9.22. The summed E-state index contributed by atoms with van der Waals surface area (Å²) in [7, 11) is 0. The second kappa shape index (κ2) is 4.93. The molecule has 3 rings (SSSR count). The molecule has 0 aliphatic rings. The molecule has 0 saturated heterocycles. The Morgan fingerprint density at radius 2 is 2.26 bits per heavy atom. The van der Waals surface area contributed by atoms with Gasteiger partial charge in [-0.05, 0) is 12.5 Å². The van der Waals surface area contributed by atoms with Crippen molar-refractivity contribution in [2.45, 2.75) is 17.7 Å². The van der Waals surface area contributed by atoms with E-state index < -0.39 is 0 Å². The number of fused-ring (bicyclic) bond motifs is 1. The van der Waals surface area contributed by atoms with E-state index in [1.54, 1.807) is 24.2 Å². The van der Waals surface area contributed by atoms with E-state index in [1.807, 2.05) is 10.6 Å². The van der Waals surface area contributed by atoms with Gasteiger partial charge in [-0.3, -0.25) is 0 Å². The van der Waals surface area contributed by atoms with Crippen molar-refractivity contribution in [2.75, 3.05) is 5.73 Å². The molecule has 19 heavy (non-hydrogen) atoms. The van der Waals surface area contributed by atoms with Crippen molar-refractivity contribution in [3.05, 3.63) is 54.0 Å². The molecule has 2 heterocycles. The molecule has 4 nitrogen and oxygen atoms in total. The second-order valence-corrected chi connectivity index (χ2v) is 5.37. The van der Waals surface area contributed by atoms with E-state index >= 15 is 0 Å². The number of aryl methyl sites for hydroxylation is 1. The molecule has 0 aliphatic heterocycles. The molecule has 3 aromatic rings. The lowest BCUT2D eigenvalue weighted by Gasteiger charge is -2.05. The number of anilines is 1. The van der Waals surface area contributed by atoms with Crippen molar-refractivity contribution < 1.29 is 0 Å². The number of imidazole rings is 1. The lowest BCUT2D eigenvalue weighted by Crippen LogP contribution is -1.97. The Balaban J connectivity index is 1.87. The third-order valence-corrected chi connectivity index (χ3v) is 3.84. The van der Waals surface area contributed by atoms with Crippen molar-refractivity contribution in [3.8, 4) is 0 Å². The van der Waals surface area contributed by atoms with Crippen molar-refractivity contribution in [1.82, 2.24) is 14.4 Å². The molecule has 2 aromatic heterocycles. The predicted molar refractivity (Wildman–Crippen MR) is 78.1 cm³/mol. The minimum Gasteiger partial charge on any atom is -0.382 e. The van der Waals surface area contributed by atoms with Crippen LogP contribution in [-0.4, -0.2) is 14.4 Å². The molecule has 0 radical (unpaired) electrons. The molecule has 0 aliphatic carbocycles. The Morgan fingerprint density at radius 3 is 3.11 bits per heavy atom. The summed E-state index contributed by atoms with van der Waals surface area (Å²) in [6.07, 6.45) is 5.41. The van der Waals surface area contributed by atoms with Crippen molar-refractivity contribution in [3.63, 3.8) is 0 Å². The molecular weight excluding hydrogens is 256 g/mol. The summed E-state index contributed by atoms with van der Waals surface area (Å²) in [5, 5.41) is 0.867. The smallest absolute Gasteiger partial charge is 0.169 e. The van der Waals surface area contributed by atoms with Crippen molar-refractivity contribution in [2.24, 2.45) is 0 Å². The Labute approximate surface area is 115 Å². The van der Waals surface area contributed by atoms with Gasteiger partial charge in [0, 0.05) is 18.1 Å². The van der Waals surface area contributed by atoms with Crippen LogP contribution in [0.25, 0.3) is 5.65 Å². The molecule has 96 valence electrons. The molecule has 0 saturated carbocycles. The van der Waals surface area contributed by atoms with E-state index in [2.05, 4.69) is 41.2 Å². The fourth-order valence-electron chi connectivity index (χ4n) is 1.97. The molecule has 5 heteroatoms. The molecular formula is C14H14N4S. The number of nitrogens with zero attached hydrogens (tertiary/aromatic N) is 3. The Kier molecular flexibility index (Phi) is 3.13. The highest BCUT2D eigenvalue weighted by Gasteiger charge is 2.07. The number of nitrogens with two attached hydrogens (primary N) is 1. The largest absolute Gasteiger partial charge is 0.382 e. The summed E-state index contributed by atoms with van der Waals surface area (Å²) >= 11 is 1.66. The van der Waals surface area contributed by atoms with Gasteiger partial charge in [0.2, 0.25) is 0 Å². The topological polar surface area (TPSA) is 56.2 Å². The number of hydrogen-bond donors (Lipinski definition) is 1. The van der Waals surface area contributed by atoms with Crippen LogP contribution in [0.2, 0.25) is 0 Å². The van der Waals surface area contributed by atoms with E-state index in [1.165, 1.54) is 11.1 Å². The maximum atomic E-state index is 5.80. The van der Waals surface area contributed by atoms with Gasteiger partial charge in [0.25, 0.3) is 0 Å². The van der Waals surface area contributed by atoms with Gasteiger partial charge in [-0.2, -0.15) is 0 Å². The number of rotatable bonds is 3. The van der Waals surface area contributed by atoms with E-state index in [0.29, 0.717) is 5.82 Å². The van der Waals surface area contributed by atoms with Crippen LogP contribution >= 0.6 is 11.8 Å². The minimum absolute atomic E-state index is 0.511. The fourth-order valence-corrected chi connectivity index (χ4v) is 2.91. The molecule has 0 unspecified atom stereocenters. The third kappa shape index (κ3) is 2.56. The van der Waals surface area contributed by atoms with Gasteiger partial charge >= 0.3 is 0 Å². The van der Waals surface area contributed by atoms with E-state index in [9.17, 15) is 0 Å². The van der Waals surface area contributed by atoms with Crippen LogP contribution in [0, 0.1) is 6.92 Å². The van der Waals surface area contributed by atoms with Gasteiger partial charge in [-0.1, -0.05) is 41.6 Å². The quantitative estimate of drug-likeness (QED) is 0.743. The highest BCUT2D eigenvalue weighted by atomic mass is 32.2. The maximum Gasteiger partial charge on any atom is 0.169 e. The monoisotopic (exact) mass is 270 g/mol. The highest BCUT2D eigenvalue weighted by Crippen LogP contribution is 2.25. The Morgan fingerprint density at radius 1 is 1.37 bits per heavy atom. The number of benzene rings is 1. The van der Waals surface area contributed by atoms with E-state index in [-0.39, 0.29) is 0 Å². The zero-order valence-corrected chi connectivity index (χ0v) is 11.4. The lowest BCUT2D eigenvalue weighted by molar-refractivity contribution is 1.04. The van der Waals surface area contributed by atoms with Crippen LogP contribution in [0.4, 0.5) is 5.82 Å². The van der Waals surface area contributed by atoms with E-state index in [4.69, 9.17) is 5.73 Å². The molecule has 1 aromatic carbocycles. The van der Waals surface area contributed by atoms with Crippen molar-refractivity contribution >= 4 is 23.2 Å². The normalized spacial score (nSPS) is 11.0. The summed E-state index contributed by atoms with van der Waals surface area (Å²) in [5.41, 5.74) is 9.20. The van der Waals surface area contributed by atoms with Crippen molar-refractivity contribution in [1.29, 1.82) is 0 Å². The summed E-state index contributed by atoms with van der Waals surface area (Å²) < 4.78 is 1.90. The Bertz CT molecular complexity index is 720. The highest BCUT2D eigenvalue weighted by molar-refractivity contribution is 7.98. The SMILES string of the molecule is Cc1cccc(CSc2nc(N)cn3ccnc23)c1. The summed E-state index contributed by atoms with van der Waals surface area (Å²) in [6.45, 7) is 2.10. The van der Waals surface area contributed by atoms with Crippen LogP contribution in [0.15, 0.2) is 47.9 Å². The number of nitrogen functional groups attached to an aromatic ring is 1. The van der Waals surface area contributed by atoms with Gasteiger partial charge in [-0.15, -0.1) is 0 Å². The lowest BCUT2D eigenvalue weighted by atomic mass is 10.2. The average Bonchev–Trinajstić information content (AvgIpc) is 2.84. The molecule has 0 spiro atoms. The predicted octanol–water partition coefficient (Wildman–Crippen LogP) is 2.91. The van der Waals surface area contributed by atoms with Crippen LogP contribution in [0.3, 0.4) is 0 Å². The third-order valence-electron chi connectivity index (χ3n) is 2.82. The van der Waals surface area contributed by atoms with Gasteiger partial charge < -0.3 is 10.1 Å². The second-order valence-electron chi connectivity index (χ2n) is 4.41. The van der Waals surface area contributed by atoms with Crippen LogP contribution in [0.1, 0.15) is 11.1 Å². The van der Waals surface area contributed by atoms with Gasteiger partial charge in [0.1, 0.15) is 10.8 Å². The van der Waals surface area contributed by atoms with Crippen LogP contribution in [-0.2, 0) is 5.75 Å². The van der Waals surface area contributed by atoms with E-state index in [0.717, 1.165) is 16.4 Å². The molecule has 2 N–H and O–H groups in total. The van der Waals surface area contributed by atoms with Gasteiger partial charge in [0.15, 0.2) is 5.65 Å². The average molecular weight is 270 g/mol. The minimum atomic E-state index is 0.511. The fraction of sp³-hybridized carbons (Fsp3) is 0.143. The summed E-state index contributed by atoms with van der Waals surface area (Å²) in [4.78, 5) is 8.68. The number of hydrogen-bond acceptors (Lipinski definition) is 4. The standard InChI is InChI=1S/C14H14N4S/c1-10-3-2-4-11(7-10)9-19-14-13-16-5-6-18(13)8-12(15)17-14/h2-8H,9,15H2,1H3. The molecule has 0 fully saturated rings. The molecule has 0 amide bonds. The first kappa shape index (κ1) is 12.0. The maximum absolute atomic E-state index is 5.80.